The predicted molar refractivity (Wildman–Crippen MR) is 76.4 cm³/mol. The van der Waals surface area contributed by atoms with Gasteiger partial charge in [-0.2, -0.15) is 17.7 Å². The molecule has 1 fully saturated rings. The van der Waals surface area contributed by atoms with Gasteiger partial charge in [-0.1, -0.05) is 6.07 Å². The number of nitrogens with one attached hydrogen (secondary N) is 1. The van der Waals surface area contributed by atoms with Crippen molar-refractivity contribution < 1.29 is 4.79 Å². The van der Waals surface area contributed by atoms with E-state index in [0.717, 1.165) is 22.0 Å². The Morgan fingerprint density at radius 3 is 3.06 bits per heavy atom. The monoisotopic (exact) mass is 279 g/mol. The number of hydrogen-bond acceptors (Lipinski definition) is 4. The Bertz CT molecular complexity index is 576. The second-order valence-corrected chi connectivity index (χ2v) is 6.06. The van der Waals surface area contributed by atoms with Gasteiger partial charge < -0.3 is 0 Å². The lowest BCUT2D eigenvalue weighted by molar-refractivity contribution is -0.117. The first-order chi connectivity index (χ1) is 8.66. The van der Waals surface area contributed by atoms with Crippen LogP contribution in [-0.2, 0) is 4.79 Å². The highest BCUT2D eigenvalue weighted by atomic mass is 32.1. The van der Waals surface area contributed by atoms with E-state index in [1.165, 1.54) is 0 Å². The maximum Gasteiger partial charge on any atom is 0.229 e. The number of rotatable bonds is 2. The van der Waals surface area contributed by atoms with Crippen LogP contribution in [0.3, 0.4) is 0 Å². The Hall–Kier alpha value is -1.27. The molecular formula is C12H13N3OS2. The Morgan fingerprint density at radius 1 is 1.61 bits per heavy atom. The molecule has 1 amide bonds. The number of carbonyl (C=O) groups is 1. The minimum Gasteiger partial charge on any atom is -0.294 e. The Morgan fingerprint density at radius 2 is 2.44 bits per heavy atom. The molecular weight excluding hydrogens is 266 g/mol. The van der Waals surface area contributed by atoms with Crippen molar-refractivity contribution in [3.63, 3.8) is 0 Å². The van der Waals surface area contributed by atoms with E-state index < -0.39 is 0 Å². The number of hydrogen-bond donors (Lipinski definition) is 2. The molecule has 1 saturated heterocycles. The zero-order chi connectivity index (χ0) is 12.7. The third-order valence-electron chi connectivity index (χ3n) is 3.11. The maximum atomic E-state index is 11.9. The molecule has 0 saturated carbocycles. The van der Waals surface area contributed by atoms with E-state index in [-0.39, 0.29) is 11.2 Å². The van der Waals surface area contributed by atoms with E-state index in [1.54, 1.807) is 16.2 Å². The SMILES string of the molecule is Cc1c(N2CC(S)CC2=O)n[nH]c1-c1cccs1. The average molecular weight is 279 g/mol. The summed E-state index contributed by atoms with van der Waals surface area (Å²) in [7, 11) is 0. The molecule has 94 valence electrons. The first-order valence-electron chi connectivity index (χ1n) is 5.74. The van der Waals surface area contributed by atoms with Crippen LogP contribution in [0.15, 0.2) is 17.5 Å². The molecule has 0 bridgehead atoms. The molecule has 0 aromatic carbocycles. The zero-order valence-electron chi connectivity index (χ0n) is 9.88. The number of anilines is 1. The summed E-state index contributed by atoms with van der Waals surface area (Å²) < 4.78 is 0. The van der Waals surface area contributed by atoms with Crippen molar-refractivity contribution in [2.45, 2.75) is 18.6 Å². The van der Waals surface area contributed by atoms with Crippen molar-refractivity contribution >= 4 is 35.7 Å². The summed E-state index contributed by atoms with van der Waals surface area (Å²) >= 11 is 6.02. The molecule has 3 rings (SSSR count). The third kappa shape index (κ3) is 1.85. The number of thiol groups is 1. The highest BCUT2D eigenvalue weighted by molar-refractivity contribution is 7.81. The number of amides is 1. The number of carbonyl (C=O) groups excluding carboxylic acids is 1. The molecule has 1 aliphatic heterocycles. The van der Waals surface area contributed by atoms with Crippen LogP contribution in [0.25, 0.3) is 10.6 Å². The van der Waals surface area contributed by atoms with Gasteiger partial charge in [-0.25, -0.2) is 0 Å². The van der Waals surface area contributed by atoms with Crippen LogP contribution >= 0.6 is 24.0 Å². The third-order valence-corrected chi connectivity index (χ3v) is 4.35. The molecule has 2 aromatic rings. The fourth-order valence-corrected chi connectivity index (χ4v) is 3.30. The van der Waals surface area contributed by atoms with Gasteiger partial charge in [-0.05, 0) is 18.4 Å². The highest BCUT2D eigenvalue weighted by Crippen LogP contribution is 2.33. The number of aromatic nitrogens is 2. The quantitative estimate of drug-likeness (QED) is 0.830. The normalized spacial score (nSPS) is 19.8. The first-order valence-corrected chi connectivity index (χ1v) is 7.13. The van der Waals surface area contributed by atoms with Crippen LogP contribution in [0.2, 0.25) is 0 Å². The van der Waals surface area contributed by atoms with Gasteiger partial charge in [-0.3, -0.25) is 14.8 Å². The van der Waals surface area contributed by atoms with Gasteiger partial charge in [0.05, 0.1) is 10.6 Å². The molecule has 1 atom stereocenters. The lowest BCUT2D eigenvalue weighted by atomic mass is 10.2. The summed E-state index contributed by atoms with van der Waals surface area (Å²) in [6.07, 6.45) is 0.490. The van der Waals surface area contributed by atoms with Crippen molar-refractivity contribution in [2.75, 3.05) is 11.4 Å². The molecule has 1 N–H and O–H groups in total. The topological polar surface area (TPSA) is 49.0 Å². The largest absolute Gasteiger partial charge is 0.294 e. The maximum absolute atomic E-state index is 11.9. The Balaban J connectivity index is 1.98. The summed E-state index contributed by atoms with van der Waals surface area (Å²) in [5.74, 6) is 0.835. The number of H-pyrrole nitrogens is 1. The fraction of sp³-hybridized carbons (Fsp3) is 0.333. The van der Waals surface area contributed by atoms with Gasteiger partial charge in [0.25, 0.3) is 0 Å². The molecule has 18 heavy (non-hydrogen) atoms. The zero-order valence-corrected chi connectivity index (χ0v) is 11.6. The molecule has 0 radical (unpaired) electrons. The van der Waals surface area contributed by atoms with Crippen LogP contribution < -0.4 is 4.90 Å². The van der Waals surface area contributed by atoms with Gasteiger partial charge in [-0.15, -0.1) is 11.3 Å². The first kappa shape index (κ1) is 11.8. The summed E-state index contributed by atoms with van der Waals surface area (Å²) in [5.41, 5.74) is 2.02. The molecule has 3 heterocycles. The Kier molecular flexibility index (Phi) is 2.91. The van der Waals surface area contributed by atoms with Gasteiger partial charge in [0.2, 0.25) is 5.91 Å². The summed E-state index contributed by atoms with van der Waals surface area (Å²) in [5, 5.41) is 9.46. The van der Waals surface area contributed by atoms with Gasteiger partial charge in [0, 0.05) is 23.8 Å². The van der Waals surface area contributed by atoms with Crippen molar-refractivity contribution in [1.29, 1.82) is 0 Å². The van der Waals surface area contributed by atoms with Gasteiger partial charge in [0.1, 0.15) is 0 Å². The molecule has 0 spiro atoms. The van der Waals surface area contributed by atoms with Crippen molar-refractivity contribution in [2.24, 2.45) is 0 Å². The number of aromatic amines is 1. The summed E-state index contributed by atoms with van der Waals surface area (Å²) in [4.78, 5) is 14.7. The van der Waals surface area contributed by atoms with E-state index in [4.69, 9.17) is 0 Å². The fourth-order valence-electron chi connectivity index (χ4n) is 2.21. The average Bonchev–Trinajstić information content (AvgIpc) is 2.99. The Labute approximate surface area is 114 Å². The van der Waals surface area contributed by atoms with Crippen molar-refractivity contribution in [1.82, 2.24) is 10.2 Å². The predicted octanol–water partition coefficient (Wildman–Crippen LogP) is 2.48. The minimum absolute atomic E-state index is 0.0994. The molecule has 0 aliphatic carbocycles. The molecule has 6 heteroatoms. The van der Waals surface area contributed by atoms with Crippen LogP contribution in [-0.4, -0.2) is 27.9 Å². The van der Waals surface area contributed by atoms with Crippen LogP contribution in [0.1, 0.15) is 12.0 Å². The van der Waals surface area contributed by atoms with Crippen molar-refractivity contribution in [3.05, 3.63) is 23.1 Å². The minimum atomic E-state index is 0.0994. The van der Waals surface area contributed by atoms with E-state index in [1.807, 2.05) is 24.4 Å². The van der Waals surface area contributed by atoms with E-state index in [2.05, 4.69) is 22.8 Å². The van der Waals surface area contributed by atoms with Crippen molar-refractivity contribution in [3.8, 4) is 10.6 Å². The number of nitrogens with zero attached hydrogens (tertiary/aromatic N) is 2. The van der Waals surface area contributed by atoms with E-state index in [0.29, 0.717) is 13.0 Å². The smallest absolute Gasteiger partial charge is 0.229 e. The second-order valence-electron chi connectivity index (χ2n) is 4.39. The lowest BCUT2D eigenvalue weighted by Crippen LogP contribution is -2.25. The molecule has 1 aliphatic rings. The standard InChI is InChI=1S/C12H13N3OS2/c1-7-11(9-3-2-4-18-9)13-14-12(7)15-6-8(17)5-10(15)16/h2-4,8,17H,5-6H2,1H3,(H,13,14). The van der Waals surface area contributed by atoms with Crippen LogP contribution in [0, 0.1) is 6.92 Å². The summed E-state index contributed by atoms with van der Waals surface area (Å²) in [6.45, 7) is 2.63. The molecule has 1 unspecified atom stereocenters. The van der Waals surface area contributed by atoms with Crippen LogP contribution in [0.5, 0.6) is 0 Å². The van der Waals surface area contributed by atoms with Crippen LogP contribution in [0.4, 0.5) is 5.82 Å². The highest BCUT2D eigenvalue weighted by Gasteiger charge is 2.31. The van der Waals surface area contributed by atoms with E-state index in [9.17, 15) is 4.79 Å². The second kappa shape index (κ2) is 4.44. The number of thiophene rings is 1. The molecule has 2 aromatic heterocycles. The lowest BCUT2D eigenvalue weighted by Gasteiger charge is -2.13. The summed E-state index contributed by atoms with van der Waals surface area (Å²) in [6, 6.07) is 4.05. The van der Waals surface area contributed by atoms with E-state index >= 15 is 0 Å². The van der Waals surface area contributed by atoms with Gasteiger partial charge in [0.15, 0.2) is 5.82 Å². The molecule has 4 nitrogen and oxygen atoms in total. The van der Waals surface area contributed by atoms with Gasteiger partial charge >= 0.3 is 0 Å².